The monoisotopic (exact) mass is 406 g/mol. The molecule has 29 heavy (non-hydrogen) atoms. The van der Waals surface area contributed by atoms with Gasteiger partial charge in [-0.1, -0.05) is 24.3 Å². The Hall–Kier alpha value is -3.52. The lowest BCUT2D eigenvalue weighted by molar-refractivity contribution is 0.0693. The van der Waals surface area contributed by atoms with E-state index < -0.39 is 6.03 Å². The van der Waals surface area contributed by atoms with Gasteiger partial charge >= 0.3 is 6.03 Å². The highest BCUT2D eigenvalue weighted by Gasteiger charge is 2.32. The summed E-state index contributed by atoms with van der Waals surface area (Å²) in [6.45, 7) is 2.32. The summed E-state index contributed by atoms with van der Waals surface area (Å²) >= 11 is 1.61. The molecule has 1 aliphatic heterocycles. The fourth-order valence-electron chi connectivity index (χ4n) is 3.09. The van der Waals surface area contributed by atoms with Gasteiger partial charge in [-0.3, -0.25) is 14.5 Å². The van der Waals surface area contributed by atoms with Crippen LogP contribution < -0.4 is 10.6 Å². The van der Waals surface area contributed by atoms with Gasteiger partial charge in [0.25, 0.3) is 11.8 Å². The molecule has 0 spiro atoms. The Morgan fingerprint density at radius 3 is 2.48 bits per heavy atom. The van der Waals surface area contributed by atoms with Gasteiger partial charge in [0.2, 0.25) is 0 Å². The number of thiazole rings is 1. The number of nitrogens with zero attached hydrogens (tertiary/aromatic N) is 2. The number of aryl methyl sites for hydroxylation is 1. The van der Waals surface area contributed by atoms with Gasteiger partial charge in [0, 0.05) is 30.2 Å². The topological polar surface area (TPSA) is 91.4 Å². The molecule has 0 saturated heterocycles. The van der Waals surface area contributed by atoms with Gasteiger partial charge in [0.15, 0.2) is 0 Å². The van der Waals surface area contributed by atoms with Crippen molar-refractivity contribution >= 4 is 34.9 Å². The highest BCUT2D eigenvalue weighted by molar-refractivity contribution is 7.09. The second kappa shape index (κ2) is 7.48. The van der Waals surface area contributed by atoms with Crippen molar-refractivity contribution in [3.63, 3.8) is 0 Å². The first-order chi connectivity index (χ1) is 13.9. The number of nitrogens with one attached hydrogen (secondary N) is 2. The molecule has 146 valence electrons. The van der Waals surface area contributed by atoms with Crippen LogP contribution in [0.3, 0.4) is 0 Å². The predicted molar refractivity (Wildman–Crippen MR) is 111 cm³/mol. The number of benzene rings is 2. The molecule has 2 aromatic carbocycles. The van der Waals surface area contributed by atoms with Crippen LogP contribution in [-0.2, 0) is 6.54 Å². The van der Waals surface area contributed by atoms with Crippen LogP contribution in [0, 0.1) is 6.92 Å². The molecule has 4 amide bonds. The van der Waals surface area contributed by atoms with E-state index in [-0.39, 0.29) is 11.8 Å². The number of hydrogen-bond donors (Lipinski definition) is 2. The lowest BCUT2D eigenvalue weighted by Gasteiger charge is -2.09. The Bertz CT molecular complexity index is 1120. The first-order valence-electron chi connectivity index (χ1n) is 8.95. The standard InChI is InChI=1S/C21H18N4O3S/c1-12-23-18(11-29-12)14-5-3-13(4-6-14)10-22-21(28)24-15-7-8-16-17(9-15)20(27)25(2)19(16)26/h3-9,11H,10H2,1-2H3,(H2,22,24,28). The van der Waals surface area contributed by atoms with E-state index in [4.69, 9.17) is 0 Å². The average molecular weight is 406 g/mol. The van der Waals surface area contributed by atoms with Crippen LogP contribution in [0.4, 0.5) is 10.5 Å². The zero-order valence-electron chi connectivity index (χ0n) is 15.9. The van der Waals surface area contributed by atoms with E-state index in [0.29, 0.717) is 23.4 Å². The van der Waals surface area contributed by atoms with Crippen molar-refractivity contribution in [2.75, 3.05) is 12.4 Å². The number of anilines is 1. The highest BCUT2D eigenvalue weighted by atomic mass is 32.1. The molecule has 1 aliphatic rings. The first-order valence-corrected chi connectivity index (χ1v) is 9.83. The van der Waals surface area contributed by atoms with Crippen LogP contribution in [-0.4, -0.2) is 34.8 Å². The second-order valence-corrected chi connectivity index (χ2v) is 7.75. The SMILES string of the molecule is Cc1nc(-c2ccc(CNC(=O)Nc3ccc4c(c3)C(=O)N(C)C4=O)cc2)cs1. The molecular weight excluding hydrogens is 388 g/mol. The Morgan fingerprint density at radius 1 is 1.07 bits per heavy atom. The van der Waals surface area contributed by atoms with Crippen molar-refractivity contribution < 1.29 is 14.4 Å². The fraction of sp³-hybridized carbons (Fsp3) is 0.143. The third-order valence-electron chi connectivity index (χ3n) is 4.67. The lowest BCUT2D eigenvalue weighted by atomic mass is 10.1. The Balaban J connectivity index is 1.36. The highest BCUT2D eigenvalue weighted by Crippen LogP contribution is 2.25. The molecule has 0 atom stereocenters. The van der Waals surface area contributed by atoms with E-state index in [1.165, 1.54) is 13.1 Å². The number of hydrogen-bond acceptors (Lipinski definition) is 5. The summed E-state index contributed by atoms with van der Waals surface area (Å²) in [4.78, 5) is 41.7. The van der Waals surface area contributed by atoms with Crippen LogP contribution in [0.2, 0.25) is 0 Å². The summed E-state index contributed by atoms with van der Waals surface area (Å²) in [5.41, 5.74) is 4.02. The van der Waals surface area contributed by atoms with E-state index >= 15 is 0 Å². The molecule has 0 saturated carbocycles. The summed E-state index contributed by atoms with van der Waals surface area (Å²) in [5.74, 6) is -0.707. The van der Waals surface area contributed by atoms with Gasteiger partial charge in [0.1, 0.15) is 0 Å². The maximum Gasteiger partial charge on any atom is 0.319 e. The molecule has 2 N–H and O–H groups in total. The van der Waals surface area contributed by atoms with Crippen LogP contribution >= 0.6 is 11.3 Å². The molecule has 7 nitrogen and oxygen atoms in total. The minimum Gasteiger partial charge on any atom is -0.334 e. The number of imide groups is 1. The van der Waals surface area contributed by atoms with Crippen molar-refractivity contribution in [1.82, 2.24) is 15.2 Å². The van der Waals surface area contributed by atoms with Gasteiger partial charge in [-0.2, -0.15) is 0 Å². The minimum absolute atomic E-state index is 0.295. The second-order valence-electron chi connectivity index (χ2n) is 6.69. The summed E-state index contributed by atoms with van der Waals surface area (Å²) < 4.78 is 0. The quantitative estimate of drug-likeness (QED) is 0.647. The van der Waals surface area contributed by atoms with E-state index in [1.807, 2.05) is 36.6 Å². The molecule has 0 bridgehead atoms. The third kappa shape index (κ3) is 3.74. The predicted octanol–water partition coefficient (Wildman–Crippen LogP) is 3.67. The van der Waals surface area contributed by atoms with Gasteiger partial charge in [-0.05, 0) is 30.7 Å². The Labute approximate surface area is 171 Å². The van der Waals surface area contributed by atoms with Gasteiger partial charge in [-0.25, -0.2) is 9.78 Å². The molecule has 3 aromatic rings. The zero-order chi connectivity index (χ0) is 20.5. The molecule has 2 heterocycles. The molecule has 0 aliphatic carbocycles. The average Bonchev–Trinajstić information content (AvgIpc) is 3.25. The number of fused-ring (bicyclic) bond motifs is 1. The number of aromatic nitrogens is 1. The number of urea groups is 1. The van der Waals surface area contributed by atoms with Gasteiger partial charge in [-0.15, -0.1) is 11.3 Å². The molecule has 0 fully saturated rings. The maximum atomic E-state index is 12.2. The maximum absolute atomic E-state index is 12.2. The van der Waals surface area contributed by atoms with Crippen molar-refractivity contribution in [3.8, 4) is 11.3 Å². The van der Waals surface area contributed by atoms with Crippen LogP contribution in [0.1, 0.15) is 31.3 Å². The number of carbonyl (C=O) groups is 3. The third-order valence-corrected chi connectivity index (χ3v) is 5.44. The summed E-state index contributed by atoms with van der Waals surface area (Å²) in [5, 5.41) is 8.51. The van der Waals surface area contributed by atoms with Crippen molar-refractivity contribution in [1.29, 1.82) is 0 Å². The lowest BCUT2D eigenvalue weighted by Crippen LogP contribution is -2.28. The zero-order valence-corrected chi connectivity index (χ0v) is 16.7. The molecular formula is C21H18N4O3S. The smallest absolute Gasteiger partial charge is 0.319 e. The first kappa shape index (κ1) is 18.8. The van der Waals surface area contributed by atoms with Crippen LogP contribution in [0.15, 0.2) is 47.8 Å². The van der Waals surface area contributed by atoms with Crippen molar-refractivity contribution in [2.24, 2.45) is 0 Å². The normalized spacial score (nSPS) is 12.8. The molecule has 4 rings (SSSR count). The van der Waals surface area contributed by atoms with E-state index in [2.05, 4.69) is 15.6 Å². The number of rotatable bonds is 4. The van der Waals surface area contributed by atoms with Crippen molar-refractivity contribution in [3.05, 3.63) is 69.5 Å². The Kier molecular flexibility index (Phi) is 4.85. The summed E-state index contributed by atoms with van der Waals surface area (Å²) in [6.07, 6.45) is 0. The van der Waals surface area contributed by atoms with Gasteiger partial charge in [0.05, 0.1) is 21.8 Å². The molecule has 0 unspecified atom stereocenters. The minimum atomic E-state index is -0.394. The number of amides is 4. The van der Waals surface area contributed by atoms with Gasteiger partial charge < -0.3 is 10.6 Å². The fourth-order valence-corrected chi connectivity index (χ4v) is 3.71. The summed E-state index contributed by atoms with van der Waals surface area (Å²) in [7, 11) is 1.44. The number of carbonyl (C=O) groups excluding carboxylic acids is 3. The van der Waals surface area contributed by atoms with E-state index in [1.54, 1.807) is 23.5 Å². The van der Waals surface area contributed by atoms with E-state index in [0.717, 1.165) is 26.7 Å². The van der Waals surface area contributed by atoms with Crippen LogP contribution in [0.25, 0.3) is 11.3 Å². The Morgan fingerprint density at radius 2 is 1.79 bits per heavy atom. The molecule has 1 aromatic heterocycles. The largest absolute Gasteiger partial charge is 0.334 e. The van der Waals surface area contributed by atoms with Crippen molar-refractivity contribution in [2.45, 2.75) is 13.5 Å². The van der Waals surface area contributed by atoms with E-state index in [9.17, 15) is 14.4 Å². The van der Waals surface area contributed by atoms with Crippen LogP contribution in [0.5, 0.6) is 0 Å². The molecule has 0 radical (unpaired) electrons. The molecule has 8 heteroatoms. The summed E-state index contributed by atoms with van der Waals surface area (Å²) in [6, 6.07) is 12.1.